The summed E-state index contributed by atoms with van der Waals surface area (Å²) in [6.45, 7) is 9.25. The van der Waals surface area contributed by atoms with E-state index in [9.17, 15) is 4.79 Å². The Labute approximate surface area is 215 Å². The van der Waals surface area contributed by atoms with E-state index in [1.807, 2.05) is 36.2 Å². The fourth-order valence-corrected chi connectivity index (χ4v) is 4.77. The first-order valence-corrected chi connectivity index (χ1v) is 12.7. The Morgan fingerprint density at radius 1 is 1.25 bits per heavy atom. The van der Waals surface area contributed by atoms with Gasteiger partial charge in [0.1, 0.15) is 5.84 Å². The van der Waals surface area contributed by atoms with E-state index in [1.54, 1.807) is 6.92 Å². The van der Waals surface area contributed by atoms with E-state index in [2.05, 4.69) is 72.5 Å². The number of nitrogens with one attached hydrogen (secondary N) is 1. The minimum absolute atomic E-state index is 0.142. The van der Waals surface area contributed by atoms with Crippen LogP contribution in [0.2, 0.25) is 0 Å². The van der Waals surface area contributed by atoms with Crippen LogP contribution in [0.25, 0.3) is 11.3 Å². The minimum Gasteiger partial charge on any atom is -0.383 e. The quantitative estimate of drug-likeness (QED) is 0.589. The third kappa shape index (κ3) is 6.11. The van der Waals surface area contributed by atoms with Crippen molar-refractivity contribution in [1.82, 2.24) is 15.1 Å². The van der Waals surface area contributed by atoms with Crippen molar-refractivity contribution in [3.63, 3.8) is 0 Å². The van der Waals surface area contributed by atoms with Gasteiger partial charge in [0.25, 0.3) is 0 Å². The van der Waals surface area contributed by atoms with Gasteiger partial charge in [0.2, 0.25) is 5.91 Å². The molecule has 1 fully saturated rings. The number of carbonyl (C=O) groups excluding carboxylic acids is 1. The van der Waals surface area contributed by atoms with Crippen LogP contribution in [-0.2, 0) is 4.79 Å². The maximum atomic E-state index is 11.8. The molecule has 0 spiro atoms. The van der Waals surface area contributed by atoms with Crippen LogP contribution >= 0.6 is 0 Å². The fraction of sp³-hybridized carbons (Fsp3) is 0.367. The molecule has 0 aliphatic carbocycles. The summed E-state index contributed by atoms with van der Waals surface area (Å²) < 4.78 is 0. The van der Waals surface area contributed by atoms with Gasteiger partial charge in [-0.3, -0.25) is 14.8 Å². The number of aliphatic imine (C=N–C) groups is 2. The summed E-state index contributed by atoms with van der Waals surface area (Å²) in [6, 6.07) is 8.87. The van der Waals surface area contributed by atoms with Gasteiger partial charge in [-0.25, -0.2) is 0 Å². The van der Waals surface area contributed by atoms with Gasteiger partial charge in [-0.15, -0.1) is 0 Å². The van der Waals surface area contributed by atoms with Gasteiger partial charge < -0.3 is 15.1 Å². The zero-order chi connectivity index (χ0) is 25.7. The molecule has 36 heavy (non-hydrogen) atoms. The summed E-state index contributed by atoms with van der Waals surface area (Å²) in [7, 11) is 4.03. The van der Waals surface area contributed by atoms with Crippen LogP contribution in [-0.4, -0.2) is 67.0 Å². The Morgan fingerprint density at radius 2 is 2.03 bits per heavy atom. The van der Waals surface area contributed by atoms with Crippen molar-refractivity contribution in [3.05, 3.63) is 83.6 Å². The molecule has 0 aromatic heterocycles. The second-order valence-corrected chi connectivity index (χ2v) is 9.79. The molecule has 3 heterocycles. The molecule has 3 aliphatic heterocycles. The van der Waals surface area contributed by atoms with Crippen molar-refractivity contribution in [1.29, 1.82) is 0 Å². The van der Waals surface area contributed by atoms with Crippen molar-refractivity contribution in [3.8, 4) is 0 Å². The molecule has 0 saturated carbocycles. The van der Waals surface area contributed by atoms with E-state index < -0.39 is 0 Å². The van der Waals surface area contributed by atoms with E-state index >= 15 is 0 Å². The van der Waals surface area contributed by atoms with Crippen molar-refractivity contribution in [2.24, 2.45) is 9.98 Å². The highest BCUT2D eigenvalue weighted by molar-refractivity contribution is 6.12. The van der Waals surface area contributed by atoms with Crippen molar-refractivity contribution < 1.29 is 4.79 Å². The van der Waals surface area contributed by atoms with Crippen LogP contribution in [0.15, 0.2) is 82.5 Å². The van der Waals surface area contributed by atoms with Crippen molar-refractivity contribution in [2.75, 3.05) is 27.2 Å². The molecule has 1 atom stereocenters. The van der Waals surface area contributed by atoms with Crippen LogP contribution in [0.3, 0.4) is 0 Å². The summed E-state index contributed by atoms with van der Waals surface area (Å²) in [5, 5.41) is 3.68. The second-order valence-electron chi connectivity index (χ2n) is 9.79. The maximum absolute atomic E-state index is 11.8. The Kier molecular flexibility index (Phi) is 8.04. The average molecular weight is 484 g/mol. The predicted octanol–water partition coefficient (Wildman–Crippen LogP) is 4.84. The van der Waals surface area contributed by atoms with Crippen molar-refractivity contribution in [2.45, 2.75) is 45.2 Å². The molecule has 4 rings (SSSR count). The van der Waals surface area contributed by atoms with E-state index in [0.29, 0.717) is 0 Å². The smallest absolute Gasteiger partial charge is 0.219 e. The van der Waals surface area contributed by atoms with Crippen LogP contribution in [0.1, 0.15) is 44.2 Å². The molecule has 1 unspecified atom stereocenters. The normalized spacial score (nSPS) is 21.9. The van der Waals surface area contributed by atoms with Gasteiger partial charge in [-0.2, -0.15) is 0 Å². The second kappa shape index (κ2) is 11.4. The topological polar surface area (TPSA) is 60.3 Å². The summed E-state index contributed by atoms with van der Waals surface area (Å²) in [5.74, 6) is 1.02. The number of hydrogen-bond donors (Lipinski definition) is 1. The highest BCUT2D eigenvalue weighted by Gasteiger charge is 2.24. The van der Waals surface area contributed by atoms with Crippen molar-refractivity contribution >= 4 is 29.2 Å². The van der Waals surface area contributed by atoms with E-state index in [4.69, 9.17) is 4.99 Å². The number of likely N-dealkylation sites (tertiary alicyclic amines) is 1. The number of amides is 1. The lowest BCUT2D eigenvalue weighted by molar-refractivity contribution is -0.129. The maximum Gasteiger partial charge on any atom is 0.219 e. The predicted molar refractivity (Wildman–Crippen MR) is 151 cm³/mol. The molecule has 6 heteroatoms. The Bertz CT molecular complexity index is 1190. The molecule has 188 valence electrons. The third-order valence-corrected chi connectivity index (χ3v) is 6.68. The largest absolute Gasteiger partial charge is 0.383 e. The standard InChI is InChI=1S/C30H37N5O/c1-6-23(20-34(4)5)24-9-7-10-25(18-24)29-12-8-11-28(26-17-21(2)31-19-26)30(33-29)32-27-13-15-35(16-14-27)22(3)36/h6-7,9-12,17-21,27H,1,8,13-16H2,2-5H3,(H,32,33)/b23-20+. The highest BCUT2D eigenvalue weighted by Crippen LogP contribution is 2.26. The summed E-state index contributed by atoms with van der Waals surface area (Å²) in [4.78, 5) is 25.5. The molecule has 6 nitrogen and oxygen atoms in total. The molecule has 0 bridgehead atoms. The summed E-state index contributed by atoms with van der Waals surface area (Å²) in [5.41, 5.74) is 6.54. The fourth-order valence-electron chi connectivity index (χ4n) is 4.77. The van der Waals surface area contributed by atoms with Gasteiger partial charge in [0.05, 0.1) is 12.1 Å². The lowest BCUT2D eigenvalue weighted by atomic mass is 10.0. The number of rotatable bonds is 6. The van der Waals surface area contributed by atoms with Gasteiger partial charge in [0, 0.05) is 63.4 Å². The highest BCUT2D eigenvalue weighted by atomic mass is 16.2. The van der Waals surface area contributed by atoms with E-state index in [1.165, 1.54) is 0 Å². The summed E-state index contributed by atoms with van der Waals surface area (Å²) in [6.07, 6.45) is 15.1. The lowest BCUT2D eigenvalue weighted by Crippen LogP contribution is -2.39. The van der Waals surface area contributed by atoms with E-state index in [-0.39, 0.29) is 18.0 Å². The van der Waals surface area contributed by atoms with Gasteiger partial charge in [0.15, 0.2) is 0 Å². The van der Waals surface area contributed by atoms with Crippen LogP contribution in [0, 0.1) is 0 Å². The molecule has 1 aromatic carbocycles. The van der Waals surface area contributed by atoms with Gasteiger partial charge >= 0.3 is 0 Å². The number of allylic oxidation sites excluding steroid dienone is 4. The first-order chi connectivity index (χ1) is 17.3. The molecule has 3 aliphatic rings. The minimum atomic E-state index is 0.142. The number of amidine groups is 1. The number of benzene rings is 1. The molecule has 0 radical (unpaired) electrons. The number of piperidine rings is 1. The Hall–Kier alpha value is -3.67. The molecule has 1 N–H and O–H groups in total. The zero-order valence-corrected chi connectivity index (χ0v) is 21.9. The molecule has 1 aromatic rings. The number of carbonyl (C=O) groups is 1. The molecular weight excluding hydrogens is 446 g/mol. The van der Waals surface area contributed by atoms with Crippen LogP contribution < -0.4 is 5.32 Å². The zero-order valence-electron chi connectivity index (χ0n) is 21.9. The van der Waals surface area contributed by atoms with Crippen LogP contribution in [0.4, 0.5) is 0 Å². The van der Waals surface area contributed by atoms with Gasteiger partial charge in [-0.05, 0) is 49.0 Å². The van der Waals surface area contributed by atoms with Crippen LogP contribution in [0.5, 0.6) is 0 Å². The Balaban J connectivity index is 1.64. The first-order valence-electron chi connectivity index (χ1n) is 12.7. The number of hydrogen-bond acceptors (Lipinski definition) is 4. The lowest BCUT2D eigenvalue weighted by Gasteiger charge is -2.30. The van der Waals surface area contributed by atoms with E-state index in [0.717, 1.165) is 71.7 Å². The van der Waals surface area contributed by atoms with Gasteiger partial charge in [-0.1, -0.05) is 49.1 Å². The number of nitrogens with zero attached hydrogens (tertiary/aromatic N) is 4. The molecule has 1 saturated heterocycles. The third-order valence-electron chi connectivity index (χ3n) is 6.68. The Morgan fingerprint density at radius 3 is 2.67 bits per heavy atom. The average Bonchev–Trinajstić information content (AvgIpc) is 3.18. The SMILES string of the molecule is C=C/C(=C\N(C)C)c1cccc(C2=CCC=C(C3=CC(C)N=C3)C(=NC3CCN(C(C)=O)CC3)N2)c1. The summed E-state index contributed by atoms with van der Waals surface area (Å²) >= 11 is 0. The first kappa shape index (κ1) is 25.4. The molecular formula is C30H37N5O. The molecule has 1 amide bonds. The monoisotopic (exact) mass is 483 g/mol.